The molecule has 1 saturated heterocycles. The molecular formula is C16H23FN2OS. The second-order valence-corrected chi connectivity index (χ2v) is 6.30. The topological polar surface area (TPSA) is 32.3 Å². The highest BCUT2D eigenvalue weighted by Gasteiger charge is 2.39. The minimum atomic E-state index is -0.336. The predicted octanol–water partition coefficient (Wildman–Crippen LogP) is 3.18. The summed E-state index contributed by atoms with van der Waals surface area (Å²) in [6.45, 7) is 2.73. The van der Waals surface area contributed by atoms with Crippen LogP contribution in [0.2, 0.25) is 0 Å². The molecule has 0 aromatic heterocycles. The summed E-state index contributed by atoms with van der Waals surface area (Å²) in [6.07, 6.45) is 4.38. The molecule has 0 spiro atoms. The monoisotopic (exact) mass is 310 g/mol. The Bertz CT molecular complexity index is 483. The van der Waals surface area contributed by atoms with Crippen molar-refractivity contribution >= 4 is 17.7 Å². The van der Waals surface area contributed by atoms with Gasteiger partial charge in [0.05, 0.1) is 6.04 Å². The van der Waals surface area contributed by atoms with Gasteiger partial charge in [0.2, 0.25) is 5.91 Å². The van der Waals surface area contributed by atoms with E-state index in [1.807, 2.05) is 6.07 Å². The van der Waals surface area contributed by atoms with E-state index < -0.39 is 0 Å². The molecule has 1 aliphatic heterocycles. The Morgan fingerprint density at radius 1 is 1.38 bits per heavy atom. The van der Waals surface area contributed by atoms with Crippen LogP contribution in [0.15, 0.2) is 24.3 Å². The van der Waals surface area contributed by atoms with Crippen molar-refractivity contribution in [3.8, 4) is 0 Å². The number of carbonyl (C=O) groups excluding carboxylic acids is 1. The number of nitrogens with one attached hydrogen (secondary N) is 1. The van der Waals surface area contributed by atoms with Crippen LogP contribution < -0.4 is 5.32 Å². The number of nitrogens with zero attached hydrogens (tertiary/aromatic N) is 1. The third kappa shape index (κ3) is 3.77. The van der Waals surface area contributed by atoms with E-state index in [4.69, 9.17) is 0 Å². The van der Waals surface area contributed by atoms with Crippen molar-refractivity contribution in [3.63, 3.8) is 0 Å². The summed E-state index contributed by atoms with van der Waals surface area (Å²) < 4.78 is 14.1. The van der Waals surface area contributed by atoms with Gasteiger partial charge >= 0.3 is 0 Å². The highest BCUT2D eigenvalue weighted by molar-refractivity contribution is 7.98. The SMILES string of the molecule is CCCC1NC(c2ccccc2F)N(CCCSC)C1=O. The van der Waals surface area contributed by atoms with E-state index in [1.165, 1.54) is 6.07 Å². The van der Waals surface area contributed by atoms with E-state index in [0.717, 1.165) is 25.0 Å². The van der Waals surface area contributed by atoms with Gasteiger partial charge in [0, 0.05) is 12.1 Å². The molecule has 0 radical (unpaired) electrons. The van der Waals surface area contributed by atoms with Crippen molar-refractivity contribution in [2.75, 3.05) is 18.6 Å². The molecule has 116 valence electrons. The summed E-state index contributed by atoms with van der Waals surface area (Å²) in [5, 5.41) is 3.31. The van der Waals surface area contributed by atoms with Gasteiger partial charge in [-0.1, -0.05) is 31.5 Å². The van der Waals surface area contributed by atoms with Gasteiger partial charge in [0.1, 0.15) is 12.0 Å². The maximum atomic E-state index is 14.1. The Kier molecular flexibility index (Phi) is 6.06. The fraction of sp³-hybridized carbons (Fsp3) is 0.562. The number of hydrogen-bond acceptors (Lipinski definition) is 3. The summed E-state index contributed by atoms with van der Waals surface area (Å²) in [4.78, 5) is 14.3. The van der Waals surface area contributed by atoms with E-state index in [9.17, 15) is 9.18 Å². The third-order valence-electron chi connectivity index (χ3n) is 3.78. The summed E-state index contributed by atoms with van der Waals surface area (Å²) in [6, 6.07) is 6.52. The Balaban J connectivity index is 2.19. The van der Waals surface area contributed by atoms with Crippen molar-refractivity contribution < 1.29 is 9.18 Å². The Labute approximate surface area is 130 Å². The van der Waals surface area contributed by atoms with E-state index in [0.29, 0.717) is 12.1 Å². The lowest BCUT2D eigenvalue weighted by molar-refractivity contribution is -0.130. The average Bonchev–Trinajstić information content (AvgIpc) is 2.78. The van der Waals surface area contributed by atoms with Crippen molar-refractivity contribution in [1.82, 2.24) is 10.2 Å². The number of thioether (sulfide) groups is 1. The first-order valence-corrected chi connectivity index (χ1v) is 8.88. The number of benzene rings is 1. The lowest BCUT2D eigenvalue weighted by atomic mass is 10.1. The Hall–Kier alpha value is -1.07. The van der Waals surface area contributed by atoms with E-state index >= 15 is 0 Å². The molecule has 0 aliphatic carbocycles. The molecular weight excluding hydrogens is 287 g/mol. The molecule has 0 saturated carbocycles. The van der Waals surface area contributed by atoms with Gasteiger partial charge in [-0.25, -0.2) is 4.39 Å². The molecule has 0 bridgehead atoms. The third-order valence-corrected chi connectivity index (χ3v) is 4.47. The molecule has 2 atom stereocenters. The lowest BCUT2D eigenvalue weighted by Crippen LogP contribution is -2.32. The number of amides is 1. The second kappa shape index (κ2) is 7.80. The zero-order valence-electron chi connectivity index (χ0n) is 12.6. The summed E-state index contributed by atoms with van der Waals surface area (Å²) >= 11 is 1.77. The molecule has 21 heavy (non-hydrogen) atoms. The quantitative estimate of drug-likeness (QED) is 0.785. The summed E-state index contributed by atoms with van der Waals surface area (Å²) in [5.74, 6) is 0.854. The maximum absolute atomic E-state index is 14.1. The van der Waals surface area contributed by atoms with Crippen LogP contribution in [0.25, 0.3) is 0 Å². The van der Waals surface area contributed by atoms with Crippen molar-refractivity contribution in [2.45, 2.75) is 38.4 Å². The summed E-state index contributed by atoms with van der Waals surface area (Å²) in [5.41, 5.74) is 0.564. The number of carbonyl (C=O) groups is 1. The molecule has 1 fully saturated rings. The van der Waals surface area contributed by atoms with Gasteiger partial charge in [-0.05, 0) is 30.9 Å². The Morgan fingerprint density at radius 3 is 2.81 bits per heavy atom. The molecule has 2 unspecified atom stereocenters. The molecule has 1 amide bonds. The standard InChI is InChI=1S/C16H23FN2OS/c1-3-7-14-16(20)19(10-6-11-21-2)15(18-14)12-8-4-5-9-13(12)17/h4-5,8-9,14-15,18H,3,6-7,10-11H2,1-2H3. The highest BCUT2D eigenvalue weighted by atomic mass is 32.2. The fourth-order valence-corrected chi connectivity index (χ4v) is 3.17. The van der Waals surface area contributed by atoms with Crippen LogP contribution in [0.4, 0.5) is 4.39 Å². The lowest BCUT2D eigenvalue weighted by Gasteiger charge is -2.24. The molecule has 1 aromatic carbocycles. The molecule has 1 N–H and O–H groups in total. The van der Waals surface area contributed by atoms with Crippen LogP contribution in [0, 0.1) is 5.82 Å². The predicted molar refractivity (Wildman–Crippen MR) is 85.7 cm³/mol. The highest BCUT2D eigenvalue weighted by Crippen LogP contribution is 2.28. The van der Waals surface area contributed by atoms with Gasteiger partial charge in [-0.2, -0.15) is 11.8 Å². The smallest absolute Gasteiger partial charge is 0.241 e. The van der Waals surface area contributed by atoms with Crippen LogP contribution in [-0.2, 0) is 4.79 Å². The second-order valence-electron chi connectivity index (χ2n) is 5.31. The number of halogens is 1. The molecule has 3 nitrogen and oxygen atoms in total. The zero-order chi connectivity index (χ0) is 15.2. The molecule has 2 rings (SSSR count). The first kappa shape index (κ1) is 16.3. The molecule has 1 heterocycles. The fourth-order valence-electron chi connectivity index (χ4n) is 2.75. The van der Waals surface area contributed by atoms with E-state index in [2.05, 4.69) is 18.5 Å². The first-order valence-electron chi connectivity index (χ1n) is 7.49. The molecule has 1 aliphatic rings. The summed E-state index contributed by atoms with van der Waals surface area (Å²) in [7, 11) is 0. The van der Waals surface area contributed by atoms with Gasteiger partial charge in [0.15, 0.2) is 0 Å². The normalized spacial score (nSPS) is 22.0. The van der Waals surface area contributed by atoms with Crippen LogP contribution in [0.5, 0.6) is 0 Å². The molecule has 5 heteroatoms. The van der Waals surface area contributed by atoms with Crippen molar-refractivity contribution in [1.29, 1.82) is 0 Å². The van der Waals surface area contributed by atoms with Crippen LogP contribution in [-0.4, -0.2) is 35.4 Å². The van der Waals surface area contributed by atoms with Crippen molar-refractivity contribution in [2.24, 2.45) is 0 Å². The van der Waals surface area contributed by atoms with Crippen LogP contribution >= 0.6 is 11.8 Å². The van der Waals surface area contributed by atoms with E-state index in [-0.39, 0.29) is 23.9 Å². The minimum absolute atomic E-state index is 0.103. The zero-order valence-corrected chi connectivity index (χ0v) is 13.5. The maximum Gasteiger partial charge on any atom is 0.241 e. The average molecular weight is 310 g/mol. The van der Waals surface area contributed by atoms with Crippen LogP contribution in [0.1, 0.15) is 37.9 Å². The number of hydrogen-bond donors (Lipinski definition) is 1. The largest absolute Gasteiger partial charge is 0.321 e. The number of rotatable bonds is 7. The molecule has 1 aromatic rings. The van der Waals surface area contributed by atoms with Gasteiger partial charge in [0.25, 0.3) is 0 Å². The van der Waals surface area contributed by atoms with Gasteiger partial charge in [-0.15, -0.1) is 0 Å². The van der Waals surface area contributed by atoms with E-state index in [1.54, 1.807) is 28.8 Å². The van der Waals surface area contributed by atoms with Gasteiger partial charge in [-0.3, -0.25) is 10.1 Å². The first-order chi connectivity index (χ1) is 10.2. The minimum Gasteiger partial charge on any atom is -0.321 e. The van der Waals surface area contributed by atoms with Gasteiger partial charge < -0.3 is 4.90 Å². The Morgan fingerprint density at radius 2 is 2.14 bits per heavy atom. The van der Waals surface area contributed by atoms with Crippen LogP contribution in [0.3, 0.4) is 0 Å². The van der Waals surface area contributed by atoms with Crippen molar-refractivity contribution in [3.05, 3.63) is 35.6 Å².